The Balaban J connectivity index is 0.00000739. The maximum atomic E-state index is 11.3. The second-order valence-corrected chi connectivity index (χ2v) is 22.2. The van der Waals surface area contributed by atoms with Crippen molar-refractivity contribution in [2.24, 2.45) is 0 Å². The Hall–Kier alpha value is -9.53. The zero-order valence-corrected chi connectivity index (χ0v) is 51.1. The van der Waals surface area contributed by atoms with E-state index >= 15 is 0 Å². The van der Waals surface area contributed by atoms with Crippen molar-refractivity contribution in [3.8, 4) is 45.0 Å². The molecule has 0 saturated heterocycles. The van der Waals surface area contributed by atoms with E-state index in [0.717, 1.165) is 113 Å². The quantitative estimate of drug-likeness (QED) is 0.0597. The molecule has 11 nitrogen and oxygen atoms in total. The molecule has 0 unspecified atom stereocenters. The van der Waals surface area contributed by atoms with E-state index in [1.165, 1.54) is 0 Å². The van der Waals surface area contributed by atoms with Crippen molar-refractivity contribution in [2.45, 2.75) is 57.0 Å². The number of rotatable bonds is 20. The molecule has 0 fully saturated rings. The van der Waals surface area contributed by atoms with E-state index < -0.39 is 11.1 Å². The number of hydrogen-bond donors (Lipinski definition) is 1. The topological polar surface area (TPSA) is 116 Å². The van der Waals surface area contributed by atoms with E-state index in [9.17, 15) is 5.11 Å². The van der Waals surface area contributed by atoms with Gasteiger partial charge in [-0.1, -0.05) is 292 Å². The summed E-state index contributed by atoms with van der Waals surface area (Å²) in [5.74, 6) is 1.88. The van der Waals surface area contributed by atoms with Gasteiger partial charge in [0.05, 0.1) is 0 Å². The lowest BCUT2D eigenvalue weighted by Gasteiger charge is -2.34. The first-order valence-electron chi connectivity index (χ1n) is 29.2. The Morgan fingerprint density at radius 2 is 0.759 bits per heavy atom. The van der Waals surface area contributed by atoms with Gasteiger partial charge in [-0.15, -0.1) is 30.0 Å². The Kier molecular flexibility index (Phi) is 17.3. The minimum Gasteiger partial charge on any atom is -1.00 e. The highest BCUT2D eigenvalue weighted by Crippen LogP contribution is 2.43. The number of aliphatic hydroxyl groups excluding tert-OH is 1. The molecule has 13 aromatic rings. The highest BCUT2D eigenvalue weighted by atomic mass is 79.9. The smallest absolute Gasteiger partial charge is 0.284 e. The first kappa shape index (κ1) is 57.9. The summed E-state index contributed by atoms with van der Waals surface area (Å²) in [7, 11) is 0. The third kappa shape index (κ3) is 11.0. The van der Waals surface area contributed by atoms with Crippen molar-refractivity contribution in [1.29, 1.82) is 0 Å². The fourth-order valence-corrected chi connectivity index (χ4v) is 13.0. The third-order valence-electron chi connectivity index (χ3n) is 16.5. The summed E-state index contributed by atoms with van der Waals surface area (Å²) >= 11 is 4.06. The van der Waals surface area contributed by atoms with Crippen LogP contribution in [0.4, 0.5) is 0 Å². The monoisotopic (exact) mass is 1260 g/mol. The van der Waals surface area contributed by atoms with Crippen molar-refractivity contribution in [2.75, 3.05) is 0 Å². The number of tetrazole rings is 2. The largest absolute Gasteiger partial charge is 1.00 e. The lowest BCUT2D eigenvalue weighted by molar-refractivity contribution is -0.704. The lowest BCUT2D eigenvalue weighted by atomic mass is 9.77. The van der Waals surface area contributed by atoms with E-state index in [-0.39, 0.29) is 23.6 Å². The van der Waals surface area contributed by atoms with Crippen LogP contribution in [0.5, 0.6) is 0 Å². The predicted octanol–water partition coefficient (Wildman–Crippen LogP) is 11.8. The highest BCUT2D eigenvalue weighted by Gasteiger charge is 2.43. The van der Waals surface area contributed by atoms with E-state index in [1.54, 1.807) is 9.59 Å². The minimum atomic E-state index is -0.895. The van der Waals surface area contributed by atoms with Crippen LogP contribution in [-0.2, 0) is 37.2 Å². The Bertz CT molecular complexity index is 4180. The lowest BCUT2D eigenvalue weighted by Crippen LogP contribution is -3.00. The first-order valence-corrected chi connectivity index (χ1v) is 30.0. The summed E-state index contributed by atoms with van der Waals surface area (Å²) in [6.45, 7) is 3.21. The van der Waals surface area contributed by atoms with Gasteiger partial charge in [-0.25, -0.2) is 9.13 Å². The fraction of sp³-hybridized carbons (Fsp3) is 0.122. The summed E-state index contributed by atoms with van der Waals surface area (Å²) < 4.78 is 5.47. The summed E-state index contributed by atoms with van der Waals surface area (Å²) in [4.78, 5) is 3.55. The van der Waals surface area contributed by atoms with Crippen LogP contribution in [0, 0.1) is 0 Å². The molecule has 0 spiro atoms. The Morgan fingerprint density at radius 1 is 0.425 bits per heavy atom. The SMILES string of the molecule is CCCCc1c(Br)n(Cc2ccc(-c3ccccc3-c3nnn(C(c4ccccc4)(c4ccccc4)c4ccccc4)n3)cc2)c(CO)[n+]1Cc1ccc(-c2ccccc2-c2nnn(C(c3ccccc3)(c3ccccc3)c3ccccc3)n2)cc1.[Br-]. The van der Waals surface area contributed by atoms with Gasteiger partial charge in [0.2, 0.25) is 16.3 Å². The predicted molar refractivity (Wildman–Crippen MR) is 342 cm³/mol. The molecule has 10 aromatic carbocycles. The molecule has 0 aliphatic carbocycles. The van der Waals surface area contributed by atoms with Crippen LogP contribution >= 0.6 is 15.9 Å². The second-order valence-electron chi connectivity index (χ2n) is 21.5. The summed E-state index contributed by atoms with van der Waals surface area (Å²) in [6.07, 6.45) is 2.90. The van der Waals surface area contributed by atoms with Crippen molar-refractivity contribution in [3.05, 3.63) is 340 Å². The normalized spacial score (nSPS) is 11.6. The average molecular weight is 1270 g/mol. The van der Waals surface area contributed by atoms with Crippen LogP contribution in [-0.4, -0.2) is 50.1 Å². The molecular formula is C74H62Br2N10O. The van der Waals surface area contributed by atoms with Gasteiger partial charge in [0.1, 0.15) is 19.7 Å². The molecule has 0 atom stereocenters. The number of unbranched alkanes of at least 4 members (excludes halogenated alkanes) is 1. The van der Waals surface area contributed by atoms with Crippen LogP contribution in [0.25, 0.3) is 45.0 Å². The second kappa shape index (κ2) is 26.0. The summed E-state index contributed by atoms with van der Waals surface area (Å²) in [5.41, 5.74) is 13.5. The number of hydrogen-bond acceptors (Lipinski definition) is 7. The molecule has 1 N–H and O–H groups in total. The summed E-state index contributed by atoms with van der Waals surface area (Å²) in [5, 5.41) is 41.1. The molecular weight excluding hydrogens is 1200 g/mol. The summed E-state index contributed by atoms with van der Waals surface area (Å²) in [6, 6.07) is 96.3. The highest BCUT2D eigenvalue weighted by molar-refractivity contribution is 9.10. The van der Waals surface area contributed by atoms with Crippen molar-refractivity contribution in [1.82, 2.24) is 45.0 Å². The molecule has 0 aliphatic rings. The van der Waals surface area contributed by atoms with Crippen molar-refractivity contribution in [3.63, 3.8) is 0 Å². The maximum absolute atomic E-state index is 11.3. The van der Waals surface area contributed by atoms with Gasteiger partial charge in [0.25, 0.3) is 5.82 Å². The molecule has 0 saturated carbocycles. The van der Waals surface area contributed by atoms with Gasteiger partial charge in [-0.2, -0.15) is 0 Å². The number of nitrogens with zero attached hydrogens (tertiary/aromatic N) is 10. The molecule has 0 aliphatic heterocycles. The fourth-order valence-electron chi connectivity index (χ4n) is 12.3. The molecule has 0 radical (unpaired) electrons. The van der Waals surface area contributed by atoms with Gasteiger partial charge in [-0.3, -0.25) is 0 Å². The van der Waals surface area contributed by atoms with Gasteiger partial charge in [0.15, 0.2) is 16.8 Å². The zero-order chi connectivity index (χ0) is 58.3. The van der Waals surface area contributed by atoms with Gasteiger partial charge < -0.3 is 22.1 Å². The van der Waals surface area contributed by atoms with E-state index in [0.29, 0.717) is 24.7 Å². The van der Waals surface area contributed by atoms with Gasteiger partial charge >= 0.3 is 0 Å². The maximum Gasteiger partial charge on any atom is 0.284 e. The average Bonchev–Trinajstić information content (AvgIpc) is 1.81. The number of benzene rings is 10. The third-order valence-corrected chi connectivity index (χ3v) is 17.3. The number of halogens is 2. The molecule has 428 valence electrons. The first-order chi connectivity index (χ1) is 42.5. The van der Waals surface area contributed by atoms with Crippen LogP contribution in [0.1, 0.15) is 75.8 Å². The Labute approximate surface area is 525 Å². The molecule has 87 heavy (non-hydrogen) atoms. The van der Waals surface area contributed by atoms with Crippen LogP contribution < -0.4 is 21.5 Å². The molecule has 0 bridgehead atoms. The van der Waals surface area contributed by atoms with Crippen LogP contribution in [0.15, 0.2) is 284 Å². The number of imidazole rings is 1. The number of aromatic nitrogens is 10. The number of aliphatic hydroxyl groups is 1. The molecule has 3 heterocycles. The van der Waals surface area contributed by atoms with Crippen molar-refractivity contribution < 1.29 is 26.7 Å². The zero-order valence-electron chi connectivity index (χ0n) is 48.0. The molecule has 13 rings (SSSR count). The van der Waals surface area contributed by atoms with E-state index in [2.05, 4.69) is 256 Å². The van der Waals surface area contributed by atoms with E-state index in [1.807, 2.05) is 54.6 Å². The van der Waals surface area contributed by atoms with Gasteiger partial charge in [0, 0.05) is 33.5 Å². The van der Waals surface area contributed by atoms with E-state index in [4.69, 9.17) is 30.8 Å². The molecule has 13 heteroatoms. The van der Waals surface area contributed by atoms with Crippen LogP contribution in [0.2, 0.25) is 0 Å². The minimum absolute atomic E-state index is 0. The van der Waals surface area contributed by atoms with Crippen molar-refractivity contribution >= 4 is 15.9 Å². The van der Waals surface area contributed by atoms with Crippen LogP contribution in [0.3, 0.4) is 0 Å². The standard InChI is InChI=1S/C74H62BrN10O.BrH/c1-2-3-42-68-70(75)83(52-55-45-49-57(50-46-55)65-39-23-25-41-67(65)72-77-81-85(79-72)74(61-32-16-7-17-33-61,62-34-18-8-19-35-62)63-36-20-9-21-37-63)69(53-86)82(68)51-54-43-47-56(48-44-54)64-38-22-24-40-66(64)71-76-80-84(78-71)73(58-26-10-4-11-27-58,59-28-12-5-13-29-59)60-30-14-6-15-31-60;/h4-41,43-50,86H,2-3,42,51-53H2,1H3;1H/q+1;/p-1. The van der Waals surface area contributed by atoms with Gasteiger partial charge in [-0.05, 0) is 83.6 Å². The Morgan fingerprint density at radius 3 is 1.10 bits per heavy atom. The molecule has 3 aromatic heterocycles. The molecule has 0 amide bonds.